The van der Waals surface area contributed by atoms with Gasteiger partial charge in [0.2, 0.25) is 0 Å². The minimum absolute atomic E-state index is 0.0838. The predicted molar refractivity (Wildman–Crippen MR) is 76.2 cm³/mol. The molecule has 0 radical (unpaired) electrons. The molecule has 0 atom stereocenters. The van der Waals surface area contributed by atoms with Crippen molar-refractivity contribution >= 4 is 40.3 Å². The van der Waals surface area contributed by atoms with Crippen molar-refractivity contribution in [1.82, 2.24) is 0 Å². The van der Waals surface area contributed by atoms with Crippen LogP contribution in [-0.2, 0) is 4.74 Å². The highest BCUT2D eigenvalue weighted by Gasteiger charge is 2.18. The van der Waals surface area contributed by atoms with E-state index >= 15 is 0 Å². The van der Waals surface area contributed by atoms with Gasteiger partial charge >= 0.3 is 5.97 Å². The molecule has 0 bridgehead atoms. The van der Waals surface area contributed by atoms with Crippen molar-refractivity contribution in [2.75, 3.05) is 6.26 Å². The van der Waals surface area contributed by atoms with E-state index in [4.69, 9.17) is 4.74 Å². The van der Waals surface area contributed by atoms with Crippen LogP contribution >= 0.6 is 34.4 Å². The maximum Gasteiger partial charge on any atom is 0.339 e. The average molecular weight is 350 g/mol. The van der Waals surface area contributed by atoms with E-state index in [1.165, 1.54) is 0 Å². The number of carbonyl (C=O) groups is 1. The van der Waals surface area contributed by atoms with Crippen LogP contribution in [0.2, 0.25) is 0 Å². The van der Waals surface area contributed by atoms with Crippen molar-refractivity contribution in [2.24, 2.45) is 0 Å². The summed E-state index contributed by atoms with van der Waals surface area (Å²) in [5.74, 6) is -0.227. The highest BCUT2D eigenvalue weighted by molar-refractivity contribution is 14.1. The monoisotopic (exact) mass is 350 g/mol. The van der Waals surface area contributed by atoms with E-state index in [0.29, 0.717) is 5.56 Å². The Hall–Kier alpha value is -0.230. The zero-order valence-electron chi connectivity index (χ0n) is 9.83. The largest absolute Gasteiger partial charge is 0.459 e. The Morgan fingerprint density at radius 1 is 1.44 bits per heavy atom. The summed E-state index contributed by atoms with van der Waals surface area (Å²) in [4.78, 5) is 12.9. The van der Waals surface area contributed by atoms with Crippen LogP contribution in [0, 0.1) is 10.5 Å². The first-order valence-electron chi connectivity index (χ1n) is 5.01. The topological polar surface area (TPSA) is 26.3 Å². The normalized spacial score (nSPS) is 10.6. The van der Waals surface area contributed by atoms with E-state index in [0.717, 1.165) is 14.0 Å². The maximum atomic E-state index is 12.0. The van der Waals surface area contributed by atoms with Gasteiger partial charge in [0.15, 0.2) is 0 Å². The molecular formula is C12H15IO2S. The predicted octanol–water partition coefficient (Wildman–Crippen LogP) is 3.89. The van der Waals surface area contributed by atoms with Crippen molar-refractivity contribution in [2.45, 2.75) is 31.8 Å². The number of benzene rings is 1. The van der Waals surface area contributed by atoms with Crippen LogP contribution in [0.5, 0.6) is 0 Å². The number of halogens is 1. The molecule has 0 fully saturated rings. The zero-order valence-corrected chi connectivity index (χ0v) is 12.8. The van der Waals surface area contributed by atoms with Crippen LogP contribution in [0.4, 0.5) is 0 Å². The lowest BCUT2D eigenvalue weighted by Gasteiger charge is -2.13. The van der Waals surface area contributed by atoms with Crippen LogP contribution in [0.15, 0.2) is 17.0 Å². The van der Waals surface area contributed by atoms with Crippen molar-refractivity contribution in [1.29, 1.82) is 0 Å². The van der Waals surface area contributed by atoms with Gasteiger partial charge < -0.3 is 4.74 Å². The van der Waals surface area contributed by atoms with E-state index in [9.17, 15) is 4.79 Å². The van der Waals surface area contributed by atoms with Gasteiger partial charge in [0.1, 0.15) is 0 Å². The number of rotatable bonds is 3. The van der Waals surface area contributed by atoms with Crippen molar-refractivity contribution in [3.63, 3.8) is 0 Å². The van der Waals surface area contributed by atoms with Crippen LogP contribution in [-0.4, -0.2) is 18.3 Å². The molecule has 1 aromatic carbocycles. The highest BCUT2D eigenvalue weighted by Crippen LogP contribution is 2.27. The lowest BCUT2D eigenvalue weighted by molar-refractivity contribution is 0.0373. The molecule has 2 nitrogen and oxygen atoms in total. The quantitative estimate of drug-likeness (QED) is 0.470. The first kappa shape index (κ1) is 13.8. The summed E-state index contributed by atoms with van der Waals surface area (Å²) in [5.41, 5.74) is 1.70. The third kappa shape index (κ3) is 3.13. The third-order valence-corrected chi connectivity index (χ3v) is 4.08. The number of thioether (sulfide) groups is 1. The second-order valence-electron chi connectivity index (χ2n) is 3.70. The fraction of sp³-hybridized carbons (Fsp3) is 0.417. The second kappa shape index (κ2) is 5.91. The molecule has 1 aromatic rings. The number of carbonyl (C=O) groups excluding carboxylic acids is 1. The van der Waals surface area contributed by atoms with Gasteiger partial charge in [-0.15, -0.1) is 11.8 Å². The van der Waals surface area contributed by atoms with E-state index in [2.05, 4.69) is 22.6 Å². The number of hydrogen-bond donors (Lipinski definition) is 0. The summed E-state index contributed by atoms with van der Waals surface area (Å²) >= 11 is 3.80. The molecule has 16 heavy (non-hydrogen) atoms. The molecular weight excluding hydrogens is 335 g/mol. The van der Waals surface area contributed by atoms with Gasteiger partial charge in [-0.2, -0.15) is 0 Å². The minimum Gasteiger partial charge on any atom is -0.459 e. The summed E-state index contributed by atoms with van der Waals surface area (Å²) in [6, 6.07) is 3.99. The fourth-order valence-corrected chi connectivity index (χ4v) is 2.45. The molecule has 0 aliphatic carbocycles. The Morgan fingerprint density at radius 2 is 2.06 bits per heavy atom. The van der Waals surface area contributed by atoms with E-state index in [1.807, 2.05) is 39.2 Å². The molecule has 0 aliphatic rings. The molecule has 0 spiro atoms. The Bertz CT molecular complexity index is 402. The first-order chi connectivity index (χ1) is 7.47. The van der Waals surface area contributed by atoms with E-state index < -0.39 is 0 Å². The number of ether oxygens (including phenoxy) is 1. The minimum atomic E-state index is -0.227. The van der Waals surface area contributed by atoms with E-state index in [1.54, 1.807) is 11.8 Å². The Morgan fingerprint density at radius 3 is 2.56 bits per heavy atom. The SMILES string of the molecule is CSc1ccc(I)c(C)c1C(=O)OC(C)C. The summed E-state index contributed by atoms with van der Waals surface area (Å²) in [7, 11) is 0. The van der Waals surface area contributed by atoms with Gasteiger partial charge in [-0.05, 0) is 67.3 Å². The molecule has 0 amide bonds. The number of hydrogen-bond acceptors (Lipinski definition) is 3. The van der Waals surface area contributed by atoms with Gasteiger partial charge in [0, 0.05) is 8.47 Å². The second-order valence-corrected chi connectivity index (χ2v) is 5.71. The summed E-state index contributed by atoms with van der Waals surface area (Å²) in [6.45, 7) is 5.68. The Labute approximate surface area is 114 Å². The molecule has 4 heteroatoms. The zero-order chi connectivity index (χ0) is 12.3. The highest BCUT2D eigenvalue weighted by atomic mass is 127. The molecule has 0 unspecified atom stereocenters. The smallest absolute Gasteiger partial charge is 0.339 e. The molecule has 0 N–H and O–H groups in total. The van der Waals surface area contributed by atoms with E-state index in [-0.39, 0.29) is 12.1 Å². The molecule has 0 saturated heterocycles. The van der Waals surface area contributed by atoms with Crippen LogP contribution in [0.3, 0.4) is 0 Å². The lowest BCUT2D eigenvalue weighted by Crippen LogP contribution is -2.14. The molecule has 1 rings (SSSR count). The fourth-order valence-electron chi connectivity index (χ4n) is 1.36. The maximum absolute atomic E-state index is 12.0. The molecule has 0 aromatic heterocycles. The molecule has 0 aliphatic heterocycles. The molecule has 0 saturated carbocycles. The van der Waals surface area contributed by atoms with Gasteiger partial charge in [-0.25, -0.2) is 4.79 Å². The van der Waals surface area contributed by atoms with Crippen LogP contribution < -0.4 is 0 Å². The lowest BCUT2D eigenvalue weighted by atomic mass is 10.1. The Balaban J connectivity index is 3.19. The van der Waals surface area contributed by atoms with Gasteiger partial charge in [0.05, 0.1) is 11.7 Å². The standard InChI is InChI=1S/C12H15IO2S/c1-7(2)15-12(14)11-8(3)9(13)5-6-10(11)16-4/h5-7H,1-4H3. The molecule has 88 valence electrons. The van der Waals surface area contributed by atoms with Gasteiger partial charge in [-0.1, -0.05) is 0 Å². The van der Waals surface area contributed by atoms with Crippen molar-refractivity contribution < 1.29 is 9.53 Å². The van der Waals surface area contributed by atoms with Crippen LogP contribution in [0.1, 0.15) is 29.8 Å². The average Bonchev–Trinajstić information content (AvgIpc) is 2.20. The van der Waals surface area contributed by atoms with Gasteiger partial charge in [0.25, 0.3) is 0 Å². The number of esters is 1. The van der Waals surface area contributed by atoms with Gasteiger partial charge in [-0.3, -0.25) is 0 Å². The van der Waals surface area contributed by atoms with Crippen molar-refractivity contribution in [3.8, 4) is 0 Å². The molecule has 0 heterocycles. The summed E-state index contributed by atoms with van der Waals surface area (Å²) < 4.78 is 6.35. The van der Waals surface area contributed by atoms with Crippen LogP contribution in [0.25, 0.3) is 0 Å². The summed E-state index contributed by atoms with van der Waals surface area (Å²) in [5, 5.41) is 0. The third-order valence-electron chi connectivity index (χ3n) is 2.13. The first-order valence-corrected chi connectivity index (χ1v) is 7.31. The summed E-state index contributed by atoms with van der Waals surface area (Å²) in [6.07, 6.45) is 1.88. The van der Waals surface area contributed by atoms with Crippen molar-refractivity contribution in [3.05, 3.63) is 26.8 Å². The Kier molecular flexibility index (Phi) is 5.11.